The molecule has 0 spiro atoms. The molecular formula is C31H27ClF3NO5. The minimum atomic E-state index is -4.64. The molecule has 0 saturated carbocycles. The summed E-state index contributed by atoms with van der Waals surface area (Å²) in [7, 11) is 0. The SMILES string of the molecule is CCCCCOc1ccc(C2c3c(oc4ccc(Cl)cc4c3=O)C(=O)N2c2cccc(C(F)(F)F)c2)cc1OCC. The van der Waals surface area contributed by atoms with E-state index in [2.05, 4.69) is 6.92 Å². The van der Waals surface area contributed by atoms with Gasteiger partial charge in [0, 0.05) is 10.7 Å². The number of carbonyl (C=O) groups is 1. The molecule has 1 aliphatic heterocycles. The maximum atomic E-state index is 13.9. The van der Waals surface area contributed by atoms with E-state index in [0.717, 1.165) is 36.3 Å². The van der Waals surface area contributed by atoms with E-state index in [4.69, 9.17) is 25.5 Å². The van der Waals surface area contributed by atoms with E-state index < -0.39 is 29.1 Å². The van der Waals surface area contributed by atoms with Gasteiger partial charge >= 0.3 is 6.18 Å². The molecule has 1 atom stereocenters. The Kier molecular flexibility index (Phi) is 8.00. The van der Waals surface area contributed by atoms with E-state index in [-0.39, 0.29) is 28.0 Å². The van der Waals surface area contributed by atoms with Gasteiger partial charge < -0.3 is 13.9 Å². The molecule has 0 N–H and O–H groups in total. The zero-order valence-electron chi connectivity index (χ0n) is 22.4. The van der Waals surface area contributed by atoms with Crippen LogP contribution in [0.25, 0.3) is 11.0 Å². The molecule has 2 heterocycles. The normalized spacial score (nSPS) is 14.9. The van der Waals surface area contributed by atoms with Crippen LogP contribution in [0.2, 0.25) is 5.02 Å². The molecule has 10 heteroatoms. The second-order valence-electron chi connectivity index (χ2n) is 9.63. The molecule has 0 fully saturated rings. The van der Waals surface area contributed by atoms with Gasteiger partial charge in [-0.25, -0.2) is 0 Å². The fourth-order valence-corrected chi connectivity index (χ4v) is 5.15. The Bertz CT molecular complexity index is 1670. The number of alkyl halides is 3. The highest BCUT2D eigenvalue weighted by Crippen LogP contribution is 2.44. The molecule has 1 aliphatic rings. The van der Waals surface area contributed by atoms with E-state index in [9.17, 15) is 22.8 Å². The highest BCUT2D eigenvalue weighted by Gasteiger charge is 2.44. The van der Waals surface area contributed by atoms with Crippen molar-refractivity contribution in [2.24, 2.45) is 0 Å². The van der Waals surface area contributed by atoms with Gasteiger partial charge in [0.15, 0.2) is 16.9 Å². The Morgan fingerprint density at radius 2 is 1.76 bits per heavy atom. The van der Waals surface area contributed by atoms with E-state index in [1.165, 1.54) is 30.3 Å². The summed E-state index contributed by atoms with van der Waals surface area (Å²) in [6.07, 6.45) is -1.75. The fourth-order valence-electron chi connectivity index (χ4n) is 4.98. The number of rotatable bonds is 9. The third kappa shape index (κ3) is 5.51. The number of hydrogen-bond donors (Lipinski definition) is 0. The summed E-state index contributed by atoms with van der Waals surface area (Å²) in [5, 5.41) is 0.449. The lowest BCUT2D eigenvalue weighted by Crippen LogP contribution is -2.29. The lowest BCUT2D eigenvalue weighted by Gasteiger charge is -2.26. The van der Waals surface area contributed by atoms with Crippen LogP contribution >= 0.6 is 11.6 Å². The van der Waals surface area contributed by atoms with Crippen LogP contribution in [-0.4, -0.2) is 19.1 Å². The summed E-state index contributed by atoms with van der Waals surface area (Å²) < 4.78 is 58.6. The minimum absolute atomic E-state index is 0.00115. The summed E-state index contributed by atoms with van der Waals surface area (Å²) in [5.41, 5.74) is -0.898. The first-order valence-electron chi connectivity index (χ1n) is 13.3. The summed E-state index contributed by atoms with van der Waals surface area (Å²) in [4.78, 5) is 28.8. The third-order valence-corrected chi connectivity index (χ3v) is 7.11. The van der Waals surface area contributed by atoms with Gasteiger partial charge in [0.1, 0.15) is 5.58 Å². The number of carbonyl (C=O) groups excluding carboxylic acids is 1. The molecule has 1 amide bonds. The van der Waals surface area contributed by atoms with Crippen LogP contribution in [0.3, 0.4) is 0 Å². The molecular weight excluding hydrogens is 559 g/mol. The van der Waals surface area contributed by atoms with Crippen LogP contribution in [0.4, 0.5) is 18.9 Å². The van der Waals surface area contributed by atoms with Crippen LogP contribution in [0.15, 0.2) is 69.9 Å². The fraction of sp³-hybridized carbons (Fsp3) is 0.290. The van der Waals surface area contributed by atoms with Crippen LogP contribution in [-0.2, 0) is 6.18 Å². The Morgan fingerprint density at radius 1 is 0.951 bits per heavy atom. The van der Waals surface area contributed by atoms with Crippen molar-refractivity contribution in [2.75, 3.05) is 18.1 Å². The maximum absolute atomic E-state index is 13.9. The number of benzene rings is 3. The summed E-state index contributed by atoms with van der Waals surface area (Å²) in [6, 6.07) is 12.7. The third-order valence-electron chi connectivity index (χ3n) is 6.87. The Balaban J connectivity index is 1.70. The summed E-state index contributed by atoms with van der Waals surface area (Å²) in [6.45, 7) is 4.69. The smallest absolute Gasteiger partial charge is 0.416 e. The second kappa shape index (κ2) is 11.5. The predicted molar refractivity (Wildman–Crippen MR) is 150 cm³/mol. The lowest BCUT2D eigenvalue weighted by molar-refractivity contribution is -0.137. The molecule has 0 radical (unpaired) electrons. The van der Waals surface area contributed by atoms with Gasteiger partial charge in [0.05, 0.1) is 35.8 Å². The zero-order valence-corrected chi connectivity index (χ0v) is 23.1. The number of ether oxygens (including phenoxy) is 2. The molecule has 3 aromatic carbocycles. The molecule has 0 aliphatic carbocycles. The van der Waals surface area contributed by atoms with Crippen molar-refractivity contribution < 1.29 is 31.9 Å². The van der Waals surface area contributed by atoms with Crippen molar-refractivity contribution in [2.45, 2.75) is 45.3 Å². The second-order valence-corrected chi connectivity index (χ2v) is 10.1. The van der Waals surface area contributed by atoms with Gasteiger partial charge in [-0.15, -0.1) is 0 Å². The van der Waals surface area contributed by atoms with Crippen molar-refractivity contribution in [3.63, 3.8) is 0 Å². The van der Waals surface area contributed by atoms with Crippen molar-refractivity contribution in [1.29, 1.82) is 0 Å². The van der Waals surface area contributed by atoms with Crippen LogP contribution < -0.4 is 19.8 Å². The topological polar surface area (TPSA) is 69.0 Å². The molecule has 4 aromatic rings. The molecule has 214 valence electrons. The van der Waals surface area contributed by atoms with E-state index in [1.807, 2.05) is 0 Å². The average molecular weight is 586 g/mol. The number of fused-ring (bicyclic) bond motifs is 2. The van der Waals surface area contributed by atoms with Gasteiger partial charge in [-0.1, -0.05) is 43.5 Å². The number of amides is 1. The lowest BCUT2D eigenvalue weighted by atomic mass is 9.97. The first-order chi connectivity index (χ1) is 19.6. The molecule has 5 rings (SSSR count). The van der Waals surface area contributed by atoms with Crippen LogP contribution in [0.1, 0.15) is 66.4 Å². The highest BCUT2D eigenvalue weighted by atomic mass is 35.5. The summed E-state index contributed by atoms with van der Waals surface area (Å²) >= 11 is 6.15. The van der Waals surface area contributed by atoms with E-state index >= 15 is 0 Å². The van der Waals surface area contributed by atoms with Crippen LogP contribution in [0.5, 0.6) is 11.5 Å². The molecule has 6 nitrogen and oxygen atoms in total. The van der Waals surface area contributed by atoms with Gasteiger partial charge in [0.2, 0.25) is 5.76 Å². The predicted octanol–water partition coefficient (Wildman–Crippen LogP) is 8.18. The number of halogens is 4. The van der Waals surface area contributed by atoms with Crippen molar-refractivity contribution in [3.8, 4) is 11.5 Å². The average Bonchev–Trinajstić information content (AvgIpc) is 3.24. The Labute approximate surface area is 239 Å². The molecule has 41 heavy (non-hydrogen) atoms. The largest absolute Gasteiger partial charge is 0.490 e. The van der Waals surface area contributed by atoms with Gasteiger partial charge in [-0.3, -0.25) is 14.5 Å². The standard InChI is InChI=1S/C31H27ClF3NO5/c1-3-5-6-14-40-24-12-10-18(15-25(24)39-4-2)27-26-28(37)22-17-20(32)11-13-23(22)41-29(26)30(38)36(27)21-9-7-8-19(16-21)31(33,34)35/h7-13,15-17,27H,3-6,14H2,1-2H3. The van der Waals surface area contributed by atoms with Gasteiger partial charge in [-0.2, -0.15) is 13.2 Å². The van der Waals surface area contributed by atoms with E-state index in [1.54, 1.807) is 25.1 Å². The number of nitrogens with zero attached hydrogens (tertiary/aromatic N) is 1. The van der Waals surface area contributed by atoms with Crippen molar-refractivity contribution in [1.82, 2.24) is 0 Å². The van der Waals surface area contributed by atoms with Crippen molar-refractivity contribution in [3.05, 3.63) is 98.4 Å². The Morgan fingerprint density at radius 3 is 2.49 bits per heavy atom. The first kappa shape index (κ1) is 28.5. The van der Waals surface area contributed by atoms with Gasteiger partial charge in [0.25, 0.3) is 5.91 Å². The molecule has 0 bridgehead atoms. The number of hydrogen-bond acceptors (Lipinski definition) is 5. The minimum Gasteiger partial charge on any atom is -0.490 e. The quantitative estimate of drug-likeness (QED) is 0.185. The molecule has 0 saturated heterocycles. The highest BCUT2D eigenvalue weighted by molar-refractivity contribution is 6.31. The monoisotopic (exact) mass is 585 g/mol. The maximum Gasteiger partial charge on any atom is 0.416 e. The van der Waals surface area contributed by atoms with Crippen LogP contribution in [0, 0.1) is 0 Å². The number of unbranched alkanes of at least 4 members (excludes halogenated alkanes) is 2. The van der Waals surface area contributed by atoms with Crippen molar-refractivity contribution >= 4 is 34.2 Å². The van der Waals surface area contributed by atoms with E-state index in [0.29, 0.717) is 35.3 Å². The van der Waals surface area contributed by atoms with Gasteiger partial charge in [-0.05, 0) is 67.4 Å². The molecule has 1 unspecified atom stereocenters. The Hall–Kier alpha value is -3.98. The molecule has 1 aromatic heterocycles. The summed E-state index contributed by atoms with van der Waals surface area (Å²) in [5.74, 6) is -0.111. The zero-order chi connectivity index (χ0) is 29.3. The number of anilines is 1. The first-order valence-corrected chi connectivity index (χ1v) is 13.7.